The van der Waals surface area contributed by atoms with E-state index in [4.69, 9.17) is 4.74 Å². The molecule has 0 aliphatic rings. The Morgan fingerprint density at radius 2 is 1.28 bits per heavy atom. The quantitative estimate of drug-likeness (QED) is 0.251. The maximum absolute atomic E-state index is 13.3. The van der Waals surface area contributed by atoms with Gasteiger partial charge in [-0.25, -0.2) is 0 Å². The molecule has 3 N–H and O–H groups in total. The van der Waals surface area contributed by atoms with Crippen LogP contribution in [0.5, 0.6) is 5.75 Å². The van der Waals surface area contributed by atoms with Crippen LogP contribution in [0, 0.1) is 5.92 Å². The minimum atomic E-state index is -0.795. The number of amides is 3. The number of carbonyl (C=O) groups is 3. The first-order chi connectivity index (χ1) is 18.9. The topological polar surface area (TPSA) is 96.5 Å². The van der Waals surface area contributed by atoms with Crippen LogP contribution in [0.1, 0.15) is 34.6 Å². The lowest BCUT2D eigenvalue weighted by Crippen LogP contribution is -2.47. The Morgan fingerprint density at radius 3 is 1.92 bits per heavy atom. The number of hydrogen-bond acceptors (Lipinski definition) is 4. The van der Waals surface area contributed by atoms with E-state index in [2.05, 4.69) is 16.0 Å². The van der Waals surface area contributed by atoms with Crippen LogP contribution in [-0.4, -0.2) is 30.9 Å². The van der Waals surface area contributed by atoms with Gasteiger partial charge in [0, 0.05) is 11.3 Å². The summed E-state index contributed by atoms with van der Waals surface area (Å²) in [6, 6.07) is 30.1. The molecule has 39 heavy (non-hydrogen) atoms. The maximum Gasteiger partial charge on any atom is 0.255 e. The maximum atomic E-state index is 13.3. The zero-order valence-corrected chi connectivity index (χ0v) is 22.1. The minimum Gasteiger partial charge on any atom is -0.497 e. The Hall–Kier alpha value is -4.91. The van der Waals surface area contributed by atoms with Gasteiger partial charge in [-0.2, -0.15) is 0 Å². The van der Waals surface area contributed by atoms with Gasteiger partial charge in [0.15, 0.2) is 0 Å². The number of rotatable bonds is 9. The first kappa shape index (κ1) is 27.1. The number of methoxy groups -OCH3 is 1. The third kappa shape index (κ3) is 6.90. The highest BCUT2D eigenvalue weighted by Crippen LogP contribution is 2.22. The molecule has 0 fully saturated rings. The van der Waals surface area contributed by atoms with Gasteiger partial charge in [-0.15, -0.1) is 0 Å². The van der Waals surface area contributed by atoms with Gasteiger partial charge >= 0.3 is 0 Å². The first-order valence-corrected chi connectivity index (χ1v) is 12.7. The second kappa shape index (κ2) is 12.6. The van der Waals surface area contributed by atoms with E-state index < -0.39 is 11.9 Å². The van der Waals surface area contributed by atoms with Gasteiger partial charge in [0.05, 0.1) is 18.4 Å². The molecule has 4 aromatic rings. The van der Waals surface area contributed by atoms with Crippen molar-refractivity contribution in [3.63, 3.8) is 0 Å². The average molecular weight is 522 g/mol. The summed E-state index contributed by atoms with van der Waals surface area (Å²) < 4.78 is 5.14. The molecule has 7 heteroatoms. The van der Waals surface area contributed by atoms with Crippen LogP contribution in [0.2, 0.25) is 0 Å². The third-order valence-corrected chi connectivity index (χ3v) is 6.27. The van der Waals surface area contributed by atoms with E-state index >= 15 is 0 Å². The van der Waals surface area contributed by atoms with E-state index in [1.165, 1.54) is 0 Å². The van der Waals surface area contributed by atoms with E-state index in [0.717, 1.165) is 11.1 Å². The highest BCUT2D eigenvalue weighted by atomic mass is 16.5. The van der Waals surface area contributed by atoms with Gasteiger partial charge < -0.3 is 20.7 Å². The summed E-state index contributed by atoms with van der Waals surface area (Å²) in [4.78, 5) is 39.2. The standard InChI is InChI=1S/C32H31N3O4/c1-21(2)29(32(38)33-25-17-13-23(14-18-25)22-9-5-4-6-10-22)35-31(37)27-11-7-8-12-28(27)34-30(36)24-15-19-26(39-3)20-16-24/h4-21,29H,1-3H3,(H,33,38)(H,34,36)(H,35,37)/t29-/m1/s1. The highest BCUT2D eigenvalue weighted by Gasteiger charge is 2.26. The van der Waals surface area contributed by atoms with Gasteiger partial charge in [0.25, 0.3) is 11.8 Å². The molecule has 0 aliphatic heterocycles. The van der Waals surface area contributed by atoms with Crippen molar-refractivity contribution in [3.05, 3.63) is 114 Å². The summed E-state index contributed by atoms with van der Waals surface area (Å²) in [5.41, 5.74) is 3.77. The van der Waals surface area contributed by atoms with Crippen molar-refractivity contribution in [1.29, 1.82) is 0 Å². The number of ether oxygens (including phenoxy) is 1. The summed E-state index contributed by atoms with van der Waals surface area (Å²) in [5, 5.41) is 8.54. The van der Waals surface area contributed by atoms with Crippen LogP contribution in [0.25, 0.3) is 11.1 Å². The van der Waals surface area contributed by atoms with Crippen molar-refractivity contribution in [2.24, 2.45) is 5.92 Å². The monoisotopic (exact) mass is 521 g/mol. The van der Waals surface area contributed by atoms with Crippen molar-refractivity contribution < 1.29 is 19.1 Å². The zero-order valence-electron chi connectivity index (χ0n) is 22.1. The zero-order chi connectivity index (χ0) is 27.8. The molecule has 7 nitrogen and oxygen atoms in total. The first-order valence-electron chi connectivity index (χ1n) is 12.7. The van der Waals surface area contributed by atoms with Gasteiger partial charge in [-0.05, 0) is 65.6 Å². The predicted molar refractivity (Wildman–Crippen MR) is 154 cm³/mol. The Bertz CT molecular complexity index is 1430. The molecule has 0 saturated heterocycles. The molecule has 0 aromatic heterocycles. The predicted octanol–water partition coefficient (Wildman–Crippen LogP) is 6.01. The van der Waals surface area contributed by atoms with Crippen molar-refractivity contribution in [2.45, 2.75) is 19.9 Å². The number of anilines is 2. The Labute approximate surface area is 228 Å². The largest absolute Gasteiger partial charge is 0.497 e. The molecule has 4 rings (SSSR count). The minimum absolute atomic E-state index is 0.182. The fraction of sp³-hybridized carbons (Fsp3) is 0.156. The molecule has 198 valence electrons. The number of para-hydroxylation sites is 1. The molecule has 0 aliphatic carbocycles. The van der Waals surface area contributed by atoms with Gasteiger partial charge in [0.2, 0.25) is 5.91 Å². The van der Waals surface area contributed by atoms with Gasteiger partial charge in [0.1, 0.15) is 11.8 Å². The third-order valence-electron chi connectivity index (χ3n) is 6.27. The molecular formula is C32H31N3O4. The molecule has 0 radical (unpaired) electrons. The molecule has 0 bridgehead atoms. The fourth-order valence-corrected chi connectivity index (χ4v) is 4.08. The number of carbonyl (C=O) groups excluding carboxylic acids is 3. The fourth-order valence-electron chi connectivity index (χ4n) is 4.08. The van der Waals surface area contributed by atoms with Gasteiger partial charge in [-0.3, -0.25) is 14.4 Å². The van der Waals surface area contributed by atoms with Crippen molar-refractivity contribution in [1.82, 2.24) is 5.32 Å². The van der Waals surface area contributed by atoms with Crippen LogP contribution >= 0.6 is 0 Å². The normalized spacial score (nSPS) is 11.4. The van der Waals surface area contributed by atoms with Crippen LogP contribution in [0.4, 0.5) is 11.4 Å². The second-order valence-electron chi connectivity index (χ2n) is 9.36. The van der Waals surface area contributed by atoms with E-state index in [-0.39, 0.29) is 23.3 Å². The molecule has 1 atom stereocenters. The average Bonchev–Trinajstić information content (AvgIpc) is 2.96. The van der Waals surface area contributed by atoms with Gasteiger partial charge in [-0.1, -0.05) is 68.4 Å². The van der Waals surface area contributed by atoms with Crippen molar-refractivity contribution in [3.8, 4) is 16.9 Å². The van der Waals surface area contributed by atoms with Crippen molar-refractivity contribution >= 4 is 29.1 Å². The highest BCUT2D eigenvalue weighted by molar-refractivity contribution is 6.10. The number of benzene rings is 4. The summed E-state index contributed by atoms with van der Waals surface area (Å²) in [6.07, 6.45) is 0. The van der Waals surface area contributed by atoms with Crippen molar-refractivity contribution in [2.75, 3.05) is 17.7 Å². The second-order valence-corrected chi connectivity index (χ2v) is 9.36. The number of nitrogens with one attached hydrogen (secondary N) is 3. The molecule has 0 saturated carbocycles. The molecule has 0 unspecified atom stereocenters. The molecule has 4 aromatic carbocycles. The van der Waals surface area contributed by atoms with E-state index in [1.807, 2.05) is 68.4 Å². The SMILES string of the molecule is COc1ccc(C(=O)Nc2ccccc2C(=O)N[C@@H](C(=O)Nc2ccc(-c3ccccc3)cc2)C(C)C)cc1. The lowest BCUT2D eigenvalue weighted by Gasteiger charge is -2.22. The molecule has 3 amide bonds. The lowest BCUT2D eigenvalue weighted by molar-refractivity contribution is -0.118. The summed E-state index contributed by atoms with van der Waals surface area (Å²) in [6.45, 7) is 3.72. The molecular weight excluding hydrogens is 490 g/mol. The number of hydrogen-bond donors (Lipinski definition) is 3. The van der Waals surface area contributed by atoms with E-state index in [1.54, 1.807) is 55.6 Å². The van der Waals surface area contributed by atoms with E-state index in [9.17, 15) is 14.4 Å². The summed E-state index contributed by atoms with van der Waals surface area (Å²) in [7, 11) is 1.55. The summed E-state index contributed by atoms with van der Waals surface area (Å²) in [5.74, 6) is -0.704. The van der Waals surface area contributed by atoms with Crippen LogP contribution < -0.4 is 20.7 Å². The van der Waals surface area contributed by atoms with Crippen LogP contribution in [0.15, 0.2) is 103 Å². The van der Waals surface area contributed by atoms with E-state index in [0.29, 0.717) is 22.7 Å². The summed E-state index contributed by atoms with van der Waals surface area (Å²) >= 11 is 0. The smallest absolute Gasteiger partial charge is 0.255 e. The Balaban J connectivity index is 1.44. The Morgan fingerprint density at radius 1 is 0.667 bits per heavy atom. The van der Waals surface area contributed by atoms with Crippen LogP contribution in [0.3, 0.4) is 0 Å². The van der Waals surface area contributed by atoms with Crippen LogP contribution in [-0.2, 0) is 4.79 Å². The lowest BCUT2D eigenvalue weighted by atomic mass is 10.0. The Kier molecular flexibility index (Phi) is 8.74. The molecule has 0 heterocycles. The molecule has 0 spiro atoms.